The molecule has 0 radical (unpaired) electrons. The molecule has 1 saturated heterocycles. The van der Waals surface area contributed by atoms with Crippen molar-refractivity contribution in [3.05, 3.63) is 114 Å². The van der Waals surface area contributed by atoms with Crippen molar-refractivity contribution in [3.63, 3.8) is 0 Å². The van der Waals surface area contributed by atoms with E-state index in [4.69, 9.17) is 24.3 Å². The number of nitrogens with zero attached hydrogens (tertiary/aromatic N) is 5. The highest BCUT2D eigenvalue weighted by Gasteiger charge is 2.37. The molecule has 2 aromatic heterocycles. The lowest BCUT2D eigenvalue weighted by molar-refractivity contribution is -0.138. The van der Waals surface area contributed by atoms with Crippen LogP contribution in [0.25, 0.3) is 27.7 Å². The number of rotatable bonds is 9. The molecule has 0 unspecified atom stereocenters. The molecular formula is C44H49N5O5. The number of benzene rings is 3. The lowest BCUT2D eigenvalue weighted by Gasteiger charge is -2.39. The molecule has 0 N–H and O–H groups in total. The molecule has 2 aliphatic rings. The summed E-state index contributed by atoms with van der Waals surface area (Å²) in [5.74, 6) is 1.05. The molecule has 4 heterocycles. The quantitative estimate of drug-likeness (QED) is 0.151. The van der Waals surface area contributed by atoms with Crippen molar-refractivity contribution in [1.29, 1.82) is 0 Å². The summed E-state index contributed by atoms with van der Waals surface area (Å²) in [5.41, 5.74) is 6.44. The van der Waals surface area contributed by atoms with Crippen molar-refractivity contribution in [2.45, 2.75) is 59.4 Å². The fourth-order valence-electron chi connectivity index (χ4n) is 7.28. The monoisotopic (exact) mass is 727 g/mol. The van der Waals surface area contributed by atoms with E-state index in [1.807, 2.05) is 110 Å². The van der Waals surface area contributed by atoms with Crippen LogP contribution in [0.4, 0.5) is 4.79 Å². The molecule has 2 aliphatic heterocycles. The first-order valence-electron chi connectivity index (χ1n) is 18.8. The molecule has 1 fully saturated rings. The Balaban J connectivity index is 1.06. The number of ether oxygens (including phenoxy) is 3. The minimum Gasteiger partial charge on any atom is -0.473 e. The van der Waals surface area contributed by atoms with E-state index in [0.29, 0.717) is 57.6 Å². The highest BCUT2D eigenvalue weighted by Crippen LogP contribution is 2.37. The fraction of sp³-hybridized carbons (Fsp3) is 0.364. The van der Waals surface area contributed by atoms with Gasteiger partial charge in [-0.25, -0.2) is 4.79 Å². The number of carbonyl (C=O) groups excluding carboxylic acids is 2. The second kappa shape index (κ2) is 15.8. The van der Waals surface area contributed by atoms with E-state index in [1.54, 1.807) is 4.90 Å². The number of fused-ring (bicyclic) bond motifs is 1. The van der Waals surface area contributed by atoms with E-state index in [2.05, 4.69) is 31.2 Å². The van der Waals surface area contributed by atoms with Crippen LogP contribution in [0.3, 0.4) is 0 Å². The van der Waals surface area contributed by atoms with Crippen LogP contribution in [0.2, 0.25) is 0 Å². The molecule has 7 rings (SSSR count). The smallest absolute Gasteiger partial charge is 0.410 e. The Morgan fingerprint density at radius 3 is 2.20 bits per heavy atom. The molecule has 3 aromatic carbocycles. The number of aromatic nitrogens is 3. The Labute approximate surface area is 317 Å². The van der Waals surface area contributed by atoms with Crippen LogP contribution in [0.5, 0.6) is 11.8 Å². The second-order valence-corrected chi connectivity index (χ2v) is 15.3. The zero-order valence-electron chi connectivity index (χ0n) is 31.8. The number of amides is 2. The van der Waals surface area contributed by atoms with Gasteiger partial charge < -0.3 is 24.0 Å². The molecule has 280 valence electrons. The Morgan fingerprint density at radius 2 is 1.56 bits per heavy atom. The number of aryl methyl sites for hydroxylation is 1. The third-order valence-corrected chi connectivity index (χ3v) is 10.2. The summed E-state index contributed by atoms with van der Waals surface area (Å²) in [5, 5.41) is 5.96. The van der Waals surface area contributed by atoms with Crippen molar-refractivity contribution in [2.24, 2.45) is 18.9 Å². The lowest BCUT2D eigenvalue weighted by Crippen LogP contribution is -2.50. The molecule has 0 aliphatic carbocycles. The van der Waals surface area contributed by atoms with Crippen LogP contribution in [0.15, 0.2) is 97.1 Å². The topological polar surface area (TPSA) is 99.0 Å². The van der Waals surface area contributed by atoms with Crippen molar-refractivity contribution in [3.8, 4) is 23.0 Å². The summed E-state index contributed by atoms with van der Waals surface area (Å²) in [6.45, 7) is 10.7. The van der Waals surface area contributed by atoms with Gasteiger partial charge in [-0.2, -0.15) is 10.1 Å². The van der Waals surface area contributed by atoms with E-state index in [1.165, 1.54) is 5.57 Å². The van der Waals surface area contributed by atoms with Crippen molar-refractivity contribution in [2.75, 3.05) is 26.2 Å². The standard InChI is InChI=1S/C44H49N5O5/c1-30-27-49(43(51)54-44(2,3)4)25-22-35(30)42(50)48-23-20-33(21-24-48)34-16-17-36-38(26-34)47(5)46-40(36)37-18-19-39(52-28-31-12-8-6-9-13-31)45-41(37)53-29-32-14-10-7-11-15-32/h6-20,26,30,35H,21-25,27-29H2,1-5H3/t30-,35+/m0/s1. The molecule has 5 aromatic rings. The fourth-order valence-corrected chi connectivity index (χ4v) is 7.28. The normalized spacial score (nSPS) is 17.6. The maximum atomic E-state index is 13.7. The average molecular weight is 728 g/mol. The maximum Gasteiger partial charge on any atom is 0.410 e. The number of pyridine rings is 1. The summed E-state index contributed by atoms with van der Waals surface area (Å²) >= 11 is 0. The predicted octanol–water partition coefficient (Wildman–Crippen LogP) is 8.30. The highest BCUT2D eigenvalue weighted by atomic mass is 16.6. The number of piperidine rings is 1. The van der Waals surface area contributed by atoms with Gasteiger partial charge in [-0.1, -0.05) is 79.7 Å². The first kappa shape index (κ1) is 36.7. The van der Waals surface area contributed by atoms with Crippen LogP contribution in [-0.4, -0.2) is 68.3 Å². The molecule has 2 amide bonds. The number of hydrogen-bond acceptors (Lipinski definition) is 7. The first-order chi connectivity index (χ1) is 26.0. The highest BCUT2D eigenvalue weighted by molar-refractivity contribution is 5.96. The Bertz CT molecular complexity index is 2140. The van der Waals surface area contributed by atoms with Crippen molar-refractivity contribution >= 4 is 28.5 Å². The van der Waals surface area contributed by atoms with Gasteiger partial charge in [0.05, 0.1) is 11.1 Å². The molecule has 0 spiro atoms. The van der Waals surface area contributed by atoms with Gasteiger partial charge in [-0.05, 0) is 80.0 Å². The maximum absolute atomic E-state index is 13.7. The lowest BCUT2D eigenvalue weighted by atomic mass is 9.85. The minimum absolute atomic E-state index is 0.0584. The van der Waals surface area contributed by atoms with Crippen LogP contribution < -0.4 is 9.47 Å². The summed E-state index contributed by atoms with van der Waals surface area (Å²) in [7, 11) is 1.95. The molecule has 0 bridgehead atoms. The van der Waals surface area contributed by atoms with E-state index in [9.17, 15) is 9.59 Å². The third kappa shape index (κ3) is 8.43. The SMILES string of the molecule is C[C@H]1CN(C(=O)OC(C)(C)C)CC[C@H]1C(=O)N1CC=C(c2ccc3c(-c4ccc(OCc5ccccc5)nc4OCc4ccccc4)nn(C)c3c2)CC1. The van der Waals surface area contributed by atoms with Crippen molar-refractivity contribution < 1.29 is 23.8 Å². The second-order valence-electron chi connectivity index (χ2n) is 15.3. The van der Waals surface area contributed by atoms with E-state index < -0.39 is 5.60 Å². The molecular weight excluding hydrogens is 679 g/mol. The van der Waals surface area contributed by atoms with Gasteiger partial charge in [0.1, 0.15) is 24.5 Å². The zero-order chi connectivity index (χ0) is 37.8. The molecule has 0 saturated carbocycles. The van der Waals surface area contributed by atoms with Crippen molar-refractivity contribution in [1.82, 2.24) is 24.6 Å². The minimum atomic E-state index is -0.544. The van der Waals surface area contributed by atoms with Crippen LogP contribution in [-0.2, 0) is 29.8 Å². The average Bonchev–Trinajstić information content (AvgIpc) is 3.51. The van der Waals surface area contributed by atoms with Crippen LogP contribution in [0.1, 0.15) is 57.2 Å². The van der Waals surface area contributed by atoms with E-state index in [-0.39, 0.29) is 23.8 Å². The molecule has 10 nitrogen and oxygen atoms in total. The third-order valence-electron chi connectivity index (χ3n) is 10.2. The van der Waals surface area contributed by atoms with Gasteiger partial charge in [-0.3, -0.25) is 9.48 Å². The van der Waals surface area contributed by atoms with Crippen LogP contribution in [0, 0.1) is 11.8 Å². The first-order valence-corrected chi connectivity index (χ1v) is 18.8. The molecule has 10 heteroatoms. The van der Waals surface area contributed by atoms with Gasteiger partial charge >= 0.3 is 6.09 Å². The molecule has 2 atom stereocenters. The van der Waals surface area contributed by atoms with E-state index >= 15 is 0 Å². The largest absolute Gasteiger partial charge is 0.473 e. The number of carbonyl (C=O) groups is 2. The van der Waals surface area contributed by atoms with E-state index in [0.717, 1.165) is 45.3 Å². The van der Waals surface area contributed by atoms with Gasteiger partial charge in [0.25, 0.3) is 0 Å². The predicted molar refractivity (Wildman–Crippen MR) is 210 cm³/mol. The van der Waals surface area contributed by atoms with Gasteiger partial charge in [-0.15, -0.1) is 0 Å². The summed E-state index contributed by atoms with van der Waals surface area (Å²) in [6.07, 6.45) is 3.27. The summed E-state index contributed by atoms with van der Waals surface area (Å²) in [4.78, 5) is 34.8. The summed E-state index contributed by atoms with van der Waals surface area (Å²) < 4.78 is 19.9. The van der Waals surface area contributed by atoms with Crippen LogP contribution >= 0.6 is 0 Å². The van der Waals surface area contributed by atoms with Gasteiger partial charge in [0.15, 0.2) is 0 Å². The number of likely N-dealkylation sites (tertiary alicyclic amines) is 1. The number of hydrogen-bond donors (Lipinski definition) is 0. The molecule has 54 heavy (non-hydrogen) atoms. The Hall–Kier alpha value is -5.64. The summed E-state index contributed by atoms with van der Waals surface area (Å²) in [6, 6.07) is 30.3. The van der Waals surface area contributed by atoms with Gasteiger partial charge in [0, 0.05) is 50.6 Å². The Morgan fingerprint density at radius 1 is 0.852 bits per heavy atom. The zero-order valence-corrected chi connectivity index (χ0v) is 31.8. The van der Waals surface area contributed by atoms with Gasteiger partial charge in [0.2, 0.25) is 17.7 Å². The Kier molecular flexibility index (Phi) is 10.7.